The Balaban J connectivity index is 2.49. The number of hydrogen-bond acceptors (Lipinski definition) is 2. The summed E-state index contributed by atoms with van der Waals surface area (Å²) in [6.07, 6.45) is 0. The maximum atomic E-state index is 9.44. The molecule has 0 unspecified atom stereocenters. The fraction of sp³-hybridized carbons (Fsp3) is 0.250. The largest absolute Gasteiger partial charge is 0.392 e. The van der Waals surface area contributed by atoms with E-state index in [1.165, 1.54) is 11.1 Å². The lowest BCUT2D eigenvalue weighted by atomic mass is 9.95. The van der Waals surface area contributed by atoms with Crippen LogP contribution in [0.5, 0.6) is 0 Å². The molecule has 0 fully saturated rings. The SMILES string of the molecule is CN(C)Cc1ccccc1-c1ccccc1CO. The lowest BCUT2D eigenvalue weighted by molar-refractivity contribution is 0.282. The molecular formula is C16H19NO. The summed E-state index contributed by atoms with van der Waals surface area (Å²) in [5, 5.41) is 9.44. The Kier molecular flexibility index (Phi) is 4.13. The molecular weight excluding hydrogens is 222 g/mol. The Labute approximate surface area is 109 Å². The quantitative estimate of drug-likeness (QED) is 0.889. The molecule has 2 aromatic carbocycles. The van der Waals surface area contributed by atoms with Crippen molar-refractivity contribution in [2.45, 2.75) is 13.2 Å². The van der Waals surface area contributed by atoms with E-state index in [-0.39, 0.29) is 6.61 Å². The predicted molar refractivity (Wildman–Crippen MR) is 75.2 cm³/mol. The highest BCUT2D eigenvalue weighted by Crippen LogP contribution is 2.27. The Morgan fingerprint density at radius 1 is 0.833 bits per heavy atom. The standard InChI is InChI=1S/C16H19NO/c1-17(2)11-13-7-3-5-9-15(13)16-10-6-4-8-14(16)12-18/h3-10,18H,11-12H2,1-2H3. The van der Waals surface area contributed by atoms with Gasteiger partial charge in [0, 0.05) is 6.54 Å². The fourth-order valence-electron chi connectivity index (χ4n) is 2.18. The van der Waals surface area contributed by atoms with Crippen molar-refractivity contribution < 1.29 is 5.11 Å². The van der Waals surface area contributed by atoms with Gasteiger partial charge < -0.3 is 10.0 Å². The second-order valence-electron chi connectivity index (χ2n) is 4.71. The van der Waals surface area contributed by atoms with Gasteiger partial charge in [0.15, 0.2) is 0 Å². The van der Waals surface area contributed by atoms with Crippen molar-refractivity contribution in [1.29, 1.82) is 0 Å². The minimum absolute atomic E-state index is 0.0759. The van der Waals surface area contributed by atoms with Crippen molar-refractivity contribution >= 4 is 0 Å². The van der Waals surface area contributed by atoms with Crippen LogP contribution in [0.15, 0.2) is 48.5 Å². The average molecular weight is 241 g/mol. The summed E-state index contributed by atoms with van der Waals surface area (Å²) in [4.78, 5) is 2.15. The van der Waals surface area contributed by atoms with Crippen molar-refractivity contribution in [2.75, 3.05) is 14.1 Å². The highest BCUT2D eigenvalue weighted by Gasteiger charge is 2.08. The number of nitrogens with zero attached hydrogens (tertiary/aromatic N) is 1. The number of rotatable bonds is 4. The summed E-state index contributed by atoms with van der Waals surface area (Å²) >= 11 is 0. The van der Waals surface area contributed by atoms with Crippen LogP contribution >= 0.6 is 0 Å². The van der Waals surface area contributed by atoms with E-state index in [4.69, 9.17) is 0 Å². The first-order valence-corrected chi connectivity index (χ1v) is 6.14. The van der Waals surface area contributed by atoms with Crippen LogP contribution in [0.2, 0.25) is 0 Å². The highest BCUT2D eigenvalue weighted by molar-refractivity contribution is 5.70. The zero-order valence-electron chi connectivity index (χ0n) is 10.9. The van der Waals surface area contributed by atoms with E-state index in [0.29, 0.717) is 0 Å². The molecule has 0 spiro atoms. The van der Waals surface area contributed by atoms with E-state index >= 15 is 0 Å². The Hall–Kier alpha value is -1.64. The third-order valence-electron chi connectivity index (χ3n) is 2.98. The van der Waals surface area contributed by atoms with Gasteiger partial charge in [-0.25, -0.2) is 0 Å². The van der Waals surface area contributed by atoms with Gasteiger partial charge in [0.25, 0.3) is 0 Å². The molecule has 0 bridgehead atoms. The van der Waals surface area contributed by atoms with Crippen molar-refractivity contribution in [1.82, 2.24) is 4.90 Å². The average Bonchev–Trinajstić information content (AvgIpc) is 2.39. The van der Waals surface area contributed by atoms with Crippen LogP contribution in [-0.2, 0) is 13.2 Å². The number of aliphatic hydroxyl groups is 1. The maximum Gasteiger partial charge on any atom is 0.0687 e. The topological polar surface area (TPSA) is 23.5 Å². The smallest absolute Gasteiger partial charge is 0.0687 e. The summed E-state index contributed by atoms with van der Waals surface area (Å²) in [7, 11) is 4.13. The van der Waals surface area contributed by atoms with E-state index in [2.05, 4.69) is 43.3 Å². The van der Waals surface area contributed by atoms with E-state index in [1.54, 1.807) is 0 Å². The molecule has 0 heterocycles. The second kappa shape index (κ2) is 5.80. The van der Waals surface area contributed by atoms with E-state index in [0.717, 1.165) is 17.7 Å². The van der Waals surface area contributed by atoms with Crippen LogP contribution < -0.4 is 0 Å². The van der Waals surface area contributed by atoms with E-state index < -0.39 is 0 Å². The summed E-state index contributed by atoms with van der Waals surface area (Å²) in [5.41, 5.74) is 4.58. The molecule has 2 heteroatoms. The van der Waals surface area contributed by atoms with Gasteiger partial charge in [-0.05, 0) is 36.3 Å². The monoisotopic (exact) mass is 241 g/mol. The predicted octanol–water partition coefficient (Wildman–Crippen LogP) is 2.91. The third-order valence-corrected chi connectivity index (χ3v) is 2.98. The molecule has 0 saturated heterocycles. The molecule has 0 aromatic heterocycles. The zero-order chi connectivity index (χ0) is 13.0. The van der Waals surface area contributed by atoms with Crippen LogP contribution in [0.4, 0.5) is 0 Å². The molecule has 0 aliphatic heterocycles. The molecule has 18 heavy (non-hydrogen) atoms. The van der Waals surface area contributed by atoms with Crippen LogP contribution in [0.1, 0.15) is 11.1 Å². The lowest BCUT2D eigenvalue weighted by Crippen LogP contribution is -2.11. The zero-order valence-corrected chi connectivity index (χ0v) is 10.9. The van der Waals surface area contributed by atoms with Gasteiger partial charge >= 0.3 is 0 Å². The van der Waals surface area contributed by atoms with Crippen molar-refractivity contribution in [2.24, 2.45) is 0 Å². The number of benzene rings is 2. The molecule has 2 nitrogen and oxygen atoms in total. The van der Waals surface area contributed by atoms with Crippen LogP contribution in [0.3, 0.4) is 0 Å². The van der Waals surface area contributed by atoms with Gasteiger partial charge in [-0.2, -0.15) is 0 Å². The molecule has 0 amide bonds. The minimum Gasteiger partial charge on any atom is -0.392 e. The van der Waals surface area contributed by atoms with Gasteiger partial charge in [0.1, 0.15) is 0 Å². The molecule has 2 rings (SSSR count). The first-order chi connectivity index (χ1) is 8.72. The maximum absolute atomic E-state index is 9.44. The molecule has 94 valence electrons. The first kappa shape index (κ1) is 12.8. The summed E-state index contributed by atoms with van der Waals surface area (Å²) < 4.78 is 0. The van der Waals surface area contributed by atoms with Gasteiger partial charge in [-0.3, -0.25) is 0 Å². The van der Waals surface area contributed by atoms with Gasteiger partial charge in [-0.15, -0.1) is 0 Å². The van der Waals surface area contributed by atoms with Crippen LogP contribution in [-0.4, -0.2) is 24.1 Å². The van der Waals surface area contributed by atoms with Crippen molar-refractivity contribution in [3.63, 3.8) is 0 Å². The van der Waals surface area contributed by atoms with Crippen LogP contribution in [0, 0.1) is 0 Å². The van der Waals surface area contributed by atoms with Gasteiger partial charge in [0.2, 0.25) is 0 Å². The molecule has 0 atom stereocenters. The second-order valence-corrected chi connectivity index (χ2v) is 4.71. The Bertz CT molecular complexity index is 520. The van der Waals surface area contributed by atoms with Crippen molar-refractivity contribution in [3.8, 4) is 11.1 Å². The molecule has 1 N–H and O–H groups in total. The summed E-state index contributed by atoms with van der Waals surface area (Å²) in [6.45, 7) is 0.975. The Morgan fingerprint density at radius 2 is 1.33 bits per heavy atom. The van der Waals surface area contributed by atoms with Gasteiger partial charge in [-0.1, -0.05) is 48.5 Å². The molecule has 0 aliphatic carbocycles. The Morgan fingerprint density at radius 3 is 1.89 bits per heavy atom. The van der Waals surface area contributed by atoms with E-state index in [1.807, 2.05) is 24.3 Å². The van der Waals surface area contributed by atoms with E-state index in [9.17, 15) is 5.11 Å². The minimum atomic E-state index is 0.0759. The summed E-state index contributed by atoms with van der Waals surface area (Å²) in [5.74, 6) is 0. The van der Waals surface area contributed by atoms with Crippen LogP contribution in [0.25, 0.3) is 11.1 Å². The molecule has 2 aromatic rings. The normalized spacial score (nSPS) is 10.9. The molecule has 0 aliphatic rings. The lowest BCUT2D eigenvalue weighted by Gasteiger charge is -2.16. The first-order valence-electron chi connectivity index (χ1n) is 6.14. The van der Waals surface area contributed by atoms with Gasteiger partial charge in [0.05, 0.1) is 6.61 Å². The number of aliphatic hydroxyl groups excluding tert-OH is 1. The summed E-state index contributed by atoms with van der Waals surface area (Å²) in [6, 6.07) is 16.4. The number of hydrogen-bond donors (Lipinski definition) is 1. The highest BCUT2D eigenvalue weighted by atomic mass is 16.3. The van der Waals surface area contributed by atoms with Crippen molar-refractivity contribution in [3.05, 3.63) is 59.7 Å². The molecule has 0 radical (unpaired) electrons. The molecule has 0 saturated carbocycles. The third kappa shape index (κ3) is 2.78. The fourth-order valence-corrected chi connectivity index (χ4v) is 2.18.